The Labute approximate surface area is 158 Å². The zero-order chi connectivity index (χ0) is 18.1. The summed E-state index contributed by atoms with van der Waals surface area (Å²) >= 11 is 0. The molecule has 2 aromatic carbocycles. The van der Waals surface area contributed by atoms with E-state index in [9.17, 15) is 9.59 Å². The van der Waals surface area contributed by atoms with Gasteiger partial charge in [-0.05, 0) is 35.1 Å². The van der Waals surface area contributed by atoms with Crippen LogP contribution in [0.15, 0.2) is 48.5 Å². The molecular formula is C23H21NO3. The molecule has 2 heterocycles. The molecule has 0 radical (unpaired) electrons. The van der Waals surface area contributed by atoms with Crippen molar-refractivity contribution in [2.75, 3.05) is 13.2 Å². The van der Waals surface area contributed by atoms with Gasteiger partial charge in [-0.25, -0.2) is 0 Å². The van der Waals surface area contributed by atoms with E-state index in [4.69, 9.17) is 4.74 Å². The van der Waals surface area contributed by atoms with Gasteiger partial charge in [0.2, 0.25) is 11.8 Å². The topological polar surface area (TPSA) is 46.6 Å². The first kappa shape index (κ1) is 15.6. The number of ether oxygens (including phenoxy) is 1. The third-order valence-corrected chi connectivity index (χ3v) is 6.95. The Bertz CT molecular complexity index is 846. The van der Waals surface area contributed by atoms with E-state index in [1.807, 2.05) is 24.3 Å². The zero-order valence-electron chi connectivity index (χ0n) is 15.0. The summed E-state index contributed by atoms with van der Waals surface area (Å²) in [7, 11) is 0. The van der Waals surface area contributed by atoms with Crippen molar-refractivity contribution in [1.29, 1.82) is 0 Å². The van der Waals surface area contributed by atoms with Crippen molar-refractivity contribution in [3.05, 3.63) is 70.8 Å². The molecule has 2 fully saturated rings. The molecule has 7 rings (SSSR count). The van der Waals surface area contributed by atoms with Crippen molar-refractivity contribution in [3.63, 3.8) is 0 Å². The number of hydrogen-bond donors (Lipinski definition) is 0. The van der Waals surface area contributed by atoms with Gasteiger partial charge >= 0.3 is 0 Å². The number of benzene rings is 2. The minimum atomic E-state index is -0.270. The third kappa shape index (κ3) is 1.97. The molecule has 3 aliphatic carbocycles. The van der Waals surface area contributed by atoms with Crippen LogP contribution >= 0.6 is 0 Å². The Kier molecular flexibility index (Phi) is 3.19. The van der Waals surface area contributed by atoms with Crippen molar-refractivity contribution in [3.8, 4) is 0 Å². The van der Waals surface area contributed by atoms with Gasteiger partial charge in [0.05, 0.1) is 24.5 Å². The molecule has 0 spiro atoms. The maximum Gasteiger partial charge on any atom is 0.234 e. The first-order valence-electron chi connectivity index (χ1n) is 9.90. The summed E-state index contributed by atoms with van der Waals surface area (Å²) in [6, 6.07) is 16.7. The highest BCUT2D eigenvalue weighted by atomic mass is 16.5. The summed E-state index contributed by atoms with van der Waals surface area (Å²) in [5.41, 5.74) is 4.90. The Morgan fingerprint density at radius 3 is 1.70 bits per heavy atom. The molecule has 2 saturated heterocycles. The summed E-state index contributed by atoms with van der Waals surface area (Å²) in [6.07, 6.45) is 1.94. The maximum atomic E-state index is 13.4. The second kappa shape index (κ2) is 5.52. The molecule has 0 unspecified atom stereocenters. The van der Waals surface area contributed by atoms with Crippen LogP contribution in [-0.4, -0.2) is 36.0 Å². The van der Waals surface area contributed by atoms with Crippen LogP contribution in [0.4, 0.5) is 0 Å². The van der Waals surface area contributed by atoms with E-state index in [-0.39, 0.29) is 41.6 Å². The van der Waals surface area contributed by atoms with Crippen LogP contribution in [-0.2, 0) is 14.3 Å². The molecule has 4 nitrogen and oxygen atoms in total. The Morgan fingerprint density at radius 2 is 1.30 bits per heavy atom. The van der Waals surface area contributed by atoms with Crippen LogP contribution in [0.2, 0.25) is 0 Å². The van der Waals surface area contributed by atoms with E-state index in [1.165, 1.54) is 27.2 Å². The average Bonchev–Trinajstić information content (AvgIpc) is 3.31. The molecule has 27 heavy (non-hydrogen) atoms. The van der Waals surface area contributed by atoms with Crippen LogP contribution in [0.1, 0.15) is 46.9 Å². The average molecular weight is 359 g/mol. The minimum Gasteiger partial charge on any atom is -0.376 e. The highest BCUT2D eigenvalue weighted by Crippen LogP contribution is 2.60. The lowest BCUT2D eigenvalue weighted by Gasteiger charge is -2.45. The lowest BCUT2D eigenvalue weighted by Crippen LogP contribution is -2.41. The second-order valence-corrected chi connectivity index (χ2v) is 8.19. The molecule has 2 aliphatic heterocycles. The summed E-state index contributed by atoms with van der Waals surface area (Å²) in [5.74, 6) is -0.571. The summed E-state index contributed by atoms with van der Waals surface area (Å²) in [6.45, 7) is 1.15. The first-order chi connectivity index (χ1) is 13.3. The molecule has 2 aromatic rings. The fraction of sp³-hybridized carbons (Fsp3) is 0.391. The predicted octanol–water partition coefficient (Wildman–Crippen LogP) is 3.06. The Morgan fingerprint density at radius 1 is 0.815 bits per heavy atom. The molecule has 136 valence electrons. The fourth-order valence-corrected chi connectivity index (χ4v) is 5.91. The molecule has 2 amide bonds. The number of rotatable bonds is 2. The van der Waals surface area contributed by atoms with Gasteiger partial charge in [0.1, 0.15) is 0 Å². The number of imide groups is 1. The van der Waals surface area contributed by atoms with Crippen molar-refractivity contribution in [1.82, 2.24) is 4.90 Å². The number of amides is 2. The molecular weight excluding hydrogens is 338 g/mol. The smallest absolute Gasteiger partial charge is 0.234 e. The van der Waals surface area contributed by atoms with E-state index in [2.05, 4.69) is 24.3 Å². The largest absolute Gasteiger partial charge is 0.376 e. The van der Waals surface area contributed by atoms with Gasteiger partial charge < -0.3 is 4.74 Å². The summed E-state index contributed by atoms with van der Waals surface area (Å²) in [4.78, 5) is 28.3. The van der Waals surface area contributed by atoms with Crippen molar-refractivity contribution in [2.24, 2.45) is 11.8 Å². The number of carbonyl (C=O) groups is 2. The zero-order valence-corrected chi connectivity index (χ0v) is 15.0. The fourth-order valence-electron chi connectivity index (χ4n) is 5.91. The molecule has 0 aromatic heterocycles. The maximum absolute atomic E-state index is 13.4. The third-order valence-electron chi connectivity index (χ3n) is 6.95. The highest BCUT2D eigenvalue weighted by molar-refractivity contribution is 6.07. The van der Waals surface area contributed by atoms with Crippen LogP contribution < -0.4 is 0 Å². The molecule has 5 aliphatic rings. The second-order valence-electron chi connectivity index (χ2n) is 8.19. The van der Waals surface area contributed by atoms with E-state index in [0.29, 0.717) is 6.54 Å². The SMILES string of the molecule is O=C1[C@@H]2C3c4ccccc4C(c4ccccc43)[C@@H]2C(=O)N1C[C@@H]1CCCO1. The summed E-state index contributed by atoms with van der Waals surface area (Å²) < 4.78 is 5.71. The van der Waals surface area contributed by atoms with Crippen molar-refractivity contribution >= 4 is 11.8 Å². The van der Waals surface area contributed by atoms with Gasteiger partial charge in [0.15, 0.2) is 0 Å². The van der Waals surface area contributed by atoms with Gasteiger partial charge in [-0.3, -0.25) is 14.5 Å². The lowest BCUT2D eigenvalue weighted by molar-refractivity contribution is -0.141. The van der Waals surface area contributed by atoms with Crippen LogP contribution in [0, 0.1) is 11.8 Å². The normalized spacial score (nSPS) is 33.2. The van der Waals surface area contributed by atoms with Crippen LogP contribution in [0.3, 0.4) is 0 Å². The van der Waals surface area contributed by atoms with E-state index in [0.717, 1.165) is 19.4 Å². The van der Waals surface area contributed by atoms with Gasteiger partial charge in [-0.1, -0.05) is 48.5 Å². The van der Waals surface area contributed by atoms with Crippen molar-refractivity contribution in [2.45, 2.75) is 30.8 Å². The molecule has 0 saturated carbocycles. The first-order valence-corrected chi connectivity index (χ1v) is 9.90. The number of hydrogen-bond acceptors (Lipinski definition) is 3. The van der Waals surface area contributed by atoms with Gasteiger partial charge in [0, 0.05) is 18.4 Å². The quantitative estimate of drug-likeness (QED) is 0.775. The Hall–Kier alpha value is -2.46. The van der Waals surface area contributed by atoms with Gasteiger partial charge in [-0.15, -0.1) is 0 Å². The monoisotopic (exact) mass is 359 g/mol. The van der Waals surface area contributed by atoms with E-state index in [1.54, 1.807) is 0 Å². The highest BCUT2D eigenvalue weighted by Gasteiger charge is 2.61. The summed E-state index contributed by atoms with van der Waals surface area (Å²) in [5, 5.41) is 0. The van der Waals surface area contributed by atoms with Gasteiger partial charge in [0.25, 0.3) is 0 Å². The van der Waals surface area contributed by atoms with E-state index >= 15 is 0 Å². The molecule has 2 bridgehead atoms. The van der Waals surface area contributed by atoms with E-state index < -0.39 is 0 Å². The molecule has 0 N–H and O–H groups in total. The number of carbonyl (C=O) groups excluding carboxylic acids is 2. The molecule has 4 heteroatoms. The van der Waals surface area contributed by atoms with Crippen molar-refractivity contribution < 1.29 is 14.3 Å². The van der Waals surface area contributed by atoms with Crippen LogP contribution in [0.5, 0.6) is 0 Å². The molecule has 3 atom stereocenters. The standard InChI is InChI=1S/C23H21NO3/c25-22-20-18-14-7-1-2-8-15(14)19(17-10-4-3-9-16(17)18)21(20)23(26)24(22)12-13-6-5-11-27-13/h1-4,7-10,13,18-21H,5-6,11-12H2/t13-,18?,19?,20-,21+/m0/s1. The predicted molar refractivity (Wildman–Crippen MR) is 99.2 cm³/mol. The number of likely N-dealkylation sites (tertiary alicyclic amines) is 1. The number of nitrogens with zero attached hydrogens (tertiary/aromatic N) is 1. The van der Waals surface area contributed by atoms with Crippen LogP contribution in [0.25, 0.3) is 0 Å². The minimum absolute atomic E-state index is 0.000423. The Balaban J connectivity index is 1.49. The van der Waals surface area contributed by atoms with Gasteiger partial charge in [-0.2, -0.15) is 0 Å². The lowest BCUT2D eigenvalue weighted by atomic mass is 9.55.